The van der Waals surface area contributed by atoms with Crippen LogP contribution in [0.25, 0.3) is 0 Å². The lowest BCUT2D eigenvalue weighted by atomic mass is 10.2. The molecule has 3 rings (SSSR count). The molecule has 1 amide bonds. The Labute approximate surface area is 160 Å². The minimum Gasteiger partial charge on any atom is -0.319 e. The molecule has 1 fully saturated rings. The second kappa shape index (κ2) is 7.63. The SMILES string of the molecule is O=C(Nc1ccccc1[N+](=O)[O-])[C@@H]1CCCN1S(=O)(=O)c1ccc(Cl)cc1. The molecule has 27 heavy (non-hydrogen) atoms. The molecule has 1 aliphatic heterocycles. The van der Waals surface area contributed by atoms with Gasteiger partial charge < -0.3 is 5.32 Å². The lowest BCUT2D eigenvalue weighted by molar-refractivity contribution is -0.383. The van der Waals surface area contributed by atoms with E-state index in [2.05, 4.69) is 5.32 Å². The van der Waals surface area contributed by atoms with Crippen LogP contribution in [0.4, 0.5) is 11.4 Å². The number of benzene rings is 2. The van der Waals surface area contributed by atoms with Gasteiger partial charge in [-0.25, -0.2) is 8.42 Å². The van der Waals surface area contributed by atoms with E-state index in [1.807, 2.05) is 0 Å². The van der Waals surface area contributed by atoms with Crippen LogP contribution in [-0.2, 0) is 14.8 Å². The first kappa shape index (κ1) is 19.3. The number of hydrogen-bond donors (Lipinski definition) is 1. The van der Waals surface area contributed by atoms with Gasteiger partial charge in [0.05, 0.1) is 9.82 Å². The largest absolute Gasteiger partial charge is 0.319 e. The van der Waals surface area contributed by atoms with Crippen molar-refractivity contribution in [1.82, 2.24) is 4.31 Å². The number of hydrogen-bond acceptors (Lipinski definition) is 5. The van der Waals surface area contributed by atoms with Crippen LogP contribution in [0.15, 0.2) is 53.4 Å². The van der Waals surface area contributed by atoms with E-state index in [9.17, 15) is 23.3 Å². The number of carbonyl (C=O) groups excluding carboxylic acids is 1. The number of halogens is 1. The Bertz CT molecular complexity index is 978. The van der Waals surface area contributed by atoms with Gasteiger partial charge in [-0.1, -0.05) is 23.7 Å². The fraction of sp³-hybridized carbons (Fsp3) is 0.235. The van der Waals surface area contributed by atoms with Crippen molar-refractivity contribution in [3.63, 3.8) is 0 Å². The standard InChI is InChI=1S/C17H16ClN3O5S/c18-12-7-9-13(10-8-12)27(25,26)20-11-3-6-16(20)17(22)19-14-4-1-2-5-15(14)21(23)24/h1-2,4-5,7-10,16H,3,6,11H2,(H,19,22)/t16-/m0/s1. The molecule has 10 heteroatoms. The number of anilines is 1. The number of para-hydroxylation sites is 2. The van der Waals surface area contributed by atoms with Crippen molar-refractivity contribution >= 4 is 38.9 Å². The lowest BCUT2D eigenvalue weighted by Gasteiger charge is -2.23. The maximum absolute atomic E-state index is 12.9. The average Bonchev–Trinajstić information content (AvgIpc) is 3.13. The molecule has 0 aromatic heterocycles. The maximum atomic E-state index is 12.9. The summed E-state index contributed by atoms with van der Waals surface area (Å²) < 4.78 is 26.9. The van der Waals surface area contributed by atoms with Crippen LogP contribution in [-0.4, -0.2) is 36.1 Å². The van der Waals surface area contributed by atoms with Crippen LogP contribution in [0.3, 0.4) is 0 Å². The highest BCUT2D eigenvalue weighted by Crippen LogP contribution is 2.29. The molecule has 0 aliphatic carbocycles. The van der Waals surface area contributed by atoms with Crippen LogP contribution < -0.4 is 5.32 Å². The molecule has 2 aromatic rings. The topological polar surface area (TPSA) is 110 Å². The molecule has 8 nitrogen and oxygen atoms in total. The number of amides is 1. The molecule has 0 saturated carbocycles. The highest BCUT2D eigenvalue weighted by atomic mass is 35.5. The van der Waals surface area contributed by atoms with Crippen LogP contribution >= 0.6 is 11.6 Å². The minimum atomic E-state index is -3.89. The van der Waals surface area contributed by atoms with Gasteiger partial charge in [-0.2, -0.15) is 4.31 Å². The van der Waals surface area contributed by atoms with E-state index in [0.717, 1.165) is 4.31 Å². The van der Waals surface area contributed by atoms with E-state index in [0.29, 0.717) is 17.9 Å². The molecule has 142 valence electrons. The predicted molar refractivity (Wildman–Crippen MR) is 100 cm³/mol. The van der Waals surface area contributed by atoms with Crippen molar-refractivity contribution < 1.29 is 18.1 Å². The summed E-state index contributed by atoms with van der Waals surface area (Å²) in [6.07, 6.45) is 0.848. The molecule has 0 spiro atoms. The molecular weight excluding hydrogens is 394 g/mol. The molecule has 1 aliphatic rings. The molecule has 0 unspecified atom stereocenters. The fourth-order valence-electron chi connectivity index (χ4n) is 2.99. The van der Waals surface area contributed by atoms with E-state index in [1.54, 1.807) is 6.07 Å². The lowest BCUT2D eigenvalue weighted by Crippen LogP contribution is -2.43. The third-order valence-corrected chi connectivity index (χ3v) is 6.46. The van der Waals surface area contributed by atoms with E-state index >= 15 is 0 Å². The Balaban J connectivity index is 1.85. The molecule has 0 radical (unpaired) electrons. The maximum Gasteiger partial charge on any atom is 0.292 e. The third kappa shape index (κ3) is 3.95. The summed E-state index contributed by atoms with van der Waals surface area (Å²) in [7, 11) is -3.89. The monoisotopic (exact) mass is 409 g/mol. The summed E-state index contributed by atoms with van der Waals surface area (Å²) in [5.74, 6) is -0.598. The zero-order valence-corrected chi connectivity index (χ0v) is 15.6. The fourth-order valence-corrected chi connectivity index (χ4v) is 4.77. The Morgan fingerprint density at radius 1 is 1.19 bits per heavy atom. The normalized spacial score (nSPS) is 17.6. The summed E-state index contributed by atoms with van der Waals surface area (Å²) in [4.78, 5) is 23.2. The van der Waals surface area contributed by atoms with Crippen molar-refractivity contribution in [2.24, 2.45) is 0 Å². The number of nitro groups is 1. The number of nitrogens with one attached hydrogen (secondary N) is 1. The second-order valence-corrected chi connectivity index (χ2v) is 8.32. The van der Waals surface area contributed by atoms with Gasteiger partial charge in [0.1, 0.15) is 11.7 Å². The Morgan fingerprint density at radius 2 is 1.85 bits per heavy atom. The first-order valence-corrected chi connectivity index (χ1v) is 9.94. The molecule has 0 bridgehead atoms. The molecule has 1 saturated heterocycles. The summed E-state index contributed by atoms with van der Waals surface area (Å²) in [6, 6.07) is 10.5. The van der Waals surface area contributed by atoms with Gasteiger partial charge in [0, 0.05) is 17.6 Å². The molecule has 1 N–H and O–H groups in total. The van der Waals surface area contributed by atoms with E-state index in [-0.39, 0.29) is 22.8 Å². The zero-order valence-electron chi connectivity index (χ0n) is 14.0. The van der Waals surface area contributed by atoms with Gasteiger partial charge in [-0.05, 0) is 43.2 Å². The Hall–Kier alpha value is -2.49. The number of nitrogens with zero attached hydrogens (tertiary/aromatic N) is 2. The van der Waals surface area contributed by atoms with Crippen molar-refractivity contribution in [1.29, 1.82) is 0 Å². The van der Waals surface area contributed by atoms with Crippen molar-refractivity contribution in [2.75, 3.05) is 11.9 Å². The van der Waals surface area contributed by atoms with Gasteiger partial charge >= 0.3 is 0 Å². The molecule has 1 atom stereocenters. The quantitative estimate of drug-likeness (QED) is 0.602. The van der Waals surface area contributed by atoms with Crippen LogP contribution in [0.2, 0.25) is 5.02 Å². The van der Waals surface area contributed by atoms with E-state index in [4.69, 9.17) is 11.6 Å². The van der Waals surface area contributed by atoms with Crippen molar-refractivity contribution in [2.45, 2.75) is 23.8 Å². The Kier molecular flexibility index (Phi) is 5.45. The second-order valence-electron chi connectivity index (χ2n) is 5.99. The van der Waals surface area contributed by atoms with Gasteiger partial charge in [0.25, 0.3) is 5.69 Å². The summed E-state index contributed by atoms with van der Waals surface area (Å²) in [6.45, 7) is 0.194. The number of carbonyl (C=O) groups is 1. The summed E-state index contributed by atoms with van der Waals surface area (Å²) >= 11 is 5.80. The smallest absolute Gasteiger partial charge is 0.292 e. The predicted octanol–water partition coefficient (Wildman–Crippen LogP) is 3.04. The molecular formula is C17H16ClN3O5S. The van der Waals surface area contributed by atoms with Gasteiger partial charge in [-0.3, -0.25) is 14.9 Å². The number of nitro benzene ring substituents is 1. The van der Waals surface area contributed by atoms with Crippen LogP contribution in [0.1, 0.15) is 12.8 Å². The van der Waals surface area contributed by atoms with Gasteiger partial charge in [0.15, 0.2) is 0 Å². The van der Waals surface area contributed by atoms with E-state index < -0.39 is 26.9 Å². The zero-order chi connectivity index (χ0) is 19.6. The third-order valence-electron chi connectivity index (χ3n) is 4.29. The average molecular weight is 410 g/mol. The summed E-state index contributed by atoms with van der Waals surface area (Å²) in [5.41, 5.74) is -0.223. The van der Waals surface area contributed by atoms with Gasteiger partial charge in [0.2, 0.25) is 15.9 Å². The molecule has 1 heterocycles. The van der Waals surface area contributed by atoms with Crippen LogP contribution in [0, 0.1) is 10.1 Å². The van der Waals surface area contributed by atoms with Crippen LogP contribution in [0.5, 0.6) is 0 Å². The van der Waals surface area contributed by atoms with E-state index in [1.165, 1.54) is 42.5 Å². The highest BCUT2D eigenvalue weighted by molar-refractivity contribution is 7.89. The first-order valence-electron chi connectivity index (χ1n) is 8.12. The minimum absolute atomic E-state index is 0.0308. The number of rotatable bonds is 5. The highest BCUT2D eigenvalue weighted by Gasteiger charge is 2.39. The molecule has 2 aromatic carbocycles. The van der Waals surface area contributed by atoms with Crippen molar-refractivity contribution in [3.8, 4) is 0 Å². The number of sulfonamides is 1. The van der Waals surface area contributed by atoms with Gasteiger partial charge in [-0.15, -0.1) is 0 Å². The first-order chi connectivity index (χ1) is 12.8. The Morgan fingerprint density at radius 3 is 2.52 bits per heavy atom. The summed E-state index contributed by atoms with van der Waals surface area (Å²) in [5, 5.41) is 14.0. The van der Waals surface area contributed by atoms with Crippen molar-refractivity contribution in [3.05, 3.63) is 63.7 Å².